The molecule has 0 saturated heterocycles. The Morgan fingerprint density at radius 3 is 2.40 bits per heavy atom. The topological polar surface area (TPSA) is 50.4 Å². The molecule has 20 heavy (non-hydrogen) atoms. The van der Waals surface area contributed by atoms with Gasteiger partial charge in [-0.05, 0) is 24.7 Å². The Labute approximate surface area is 125 Å². The summed E-state index contributed by atoms with van der Waals surface area (Å²) in [6.07, 6.45) is -0.272. The number of amides is 1. The van der Waals surface area contributed by atoms with Crippen molar-refractivity contribution in [2.75, 3.05) is 27.2 Å². The third kappa shape index (κ3) is 5.86. The lowest BCUT2D eigenvalue weighted by molar-refractivity contribution is -0.124. The number of carbonyl (C=O) groups excluding carboxylic acids is 1. The Hall–Kier alpha value is -1.17. The third-order valence-corrected chi connectivity index (χ3v) is 2.95. The molecule has 1 aromatic rings. The maximum Gasteiger partial charge on any atom is 0.224 e. The summed E-state index contributed by atoms with van der Waals surface area (Å²) in [6, 6.07) is 6.08. The van der Waals surface area contributed by atoms with Gasteiger partial charge in [0.25, 0.3) is 0 Å². The van der Waals surface area contributed by atoms with Gasteiger partial charge in [-0.3, -0.25) is 4.79 Å². The molecule has 0 fully saturated rings. The van der Waals surface area contributed by atoms with Gasteiger partial charge >= 0.3 is 0 Å². The normalized spacial score (nSPS) is 13.2. The first kappa shape index (κ1) is 18.8. The van der Waals surface area contributed by atoms with Crippen LogP contribution < -0.4 is 10.6 Å². The molecular formula is C14H22ClFN2O2. The lowest BCUT2D eigenvalue weighted by Gasteiger charge is -2.18. The van der Waals surface area contributed by atoms with Gasteiger partial charge < -0.3 is 15.4 Å². The smallest absolute Gasteiger partial charge is 0.224 e. The first-order valence-corrected chi connectivity index (χ1v) is 6.29. The Bertz CT molecular complexity index is 401. The minimum Gasteiger partial charge on any atom is -0.375 e. The molecular weight excluding hydrogens is 283 g/mol. The van der Waals surface area contributed by atoms with Gasteiger partial charge in [-0.1, -0.05) is 19.1 Å². The predicted molar refractivity (Wildman–Crippen MR) is 79.5 cm³/mol. The zero-order chi connectivity index (χ0) is 14.3. The molecule has 0 radical (unpaired) electrons. The van der Waals surface area contributed by atoms with Crippen LogP contribution in [0.2, 0.25) is 0 Å². The van der Waals surface area contributed by atoms with Crippen LogP contribution in [0.5, 0.6) is 0 Å². The number of methoxy groups -OCH3 is 1. The fourth-order valence-electron chi connectivity index (χ4n) is 1.78. The average Bonchev–Trinajstić information content (AvgIpc) is 2.41. The molecule has 0 saturated carbocycles. The van der Waals surface area contributed by atoms with Gasteiger partial charge in [-0.25, -0.2) is 4.39 Å². The molecule has 0 aliphatic heterocycles. The molecule has 2 unspecified atom stereocenters. The lowest BCUT2D eigenvalue weighted by Crippen LogP contribution is -2.36. The molecule has 1 aromatic carbocycles. The van der Waals surface area contributed by atoms with Gasteiger partial charge in [-0.2, -0.15) is 0 Å². The molecule has 1 amide bonds. The number of hydrogen-bond donors (Lipinski definition) is 2. The van der Waals surface area contributed by atoms with E-state index in [2.05, 4.69) is 10.6 Å². The van der Waals surface area contributed by atoms with Crippen LogP contribution in [0.4, 0.5) is 4.39 Å². The summed E-state index contributed by atoms with van der Waals surface area (Å²) < 4.78 is 18.2. The Kier molecular flexibility index (Phi) is 9.12. The number of carbonyl (C=O) groups is 1. The molecule has 0 spiro atoms. The van der Waals surface area contributed by atoms with E-state index in [0.717, 1.165) is 5.56 Å². The summed E-state index contributed by atoms with van der Waals surface area (Å²) in [4.78, 5) is 11.8. The molecule has 114 valence electrons. The van der Waals surface area contributed by atoms with Crippen LogP contribution in [0.25, 0.3) is 0 Å². The van der Waals surface area contributed by atoms with Crippen molar-refractivity contribution >= 4 is 18.3 Å². The second-order valence-corrected chi connectivity index (χ2v) is 4.48. The van der Waals surface area contributed by atoms with Crippen molar-refractivity contribution < 1.29 is 13.9 Å². The quantitative estimate of drug-likeness (QED) is 0.809. The predicted octanol–water partition coefficient (Wildman–Crippen LogP) is 1.91. The molecule has 2 atom stereocenters. The van der Waals surface area contributed by atoms with Gasteiger partial charge in [0.2, 0.25) is 5.91 Å². The Morgan fingerprint density at radius 1 is 1.30 bits per heavy atom. The van der Waals surface area contributed by atoms with Crippen LogP contribution in [0.1, 0.15) is 18.6 Å². The molecule has 1 rings (SSSR count). The monoisotopic (exact) mass is 304 g/mol. The van der Waals surface area contributed by atoms with Gasteiger partial charge in [0.15, 0.2) is 0 Å². The summed E-state index contributed by atoms with van der Waals surface area (Å²) in [5, 5.41) is 5.79. The van der Waals surface area contributed by atoms with Crippen molar-refractivity contribution in [3.63, 3.8) is 0 Å². The van der Waals surface area contributed by atoms with Crippen LogP contribution in [0.3, 0.4) is 0 Å². The maximum absolute atomic E-state index is 12.8. The first-order valence-electron chi connectivity index (χ1n) is 6.29. The Balaban J connectivity index is 0.00000361. The second kappa shape index (κ2) is 9.69. The lowest BCUT2D eigenvalue weighted by atomic mass is 10.1. The van der Waals surface area contributed by atoms with Gasteiger partial charge in [0.05, 0.1) is 6.10 Å². The van der Waals surface area contributed by atoms with Crippen molar-refractivity contribution in [3.05, 3.63) is 35.6 Å². The van der Waals surface area contributed by atoms with Crippen LogP contribution >= 0.6 is 12.4 Å². The van der Waals surface area contributed by atoms with E-state index in [9.17, 15) is 9.18 Å². The van der Waals surface area contributed by atoms with Crippen molar-refractivity contribution in [1.29, 1.82) is 0 Å². The number of halogens is 2. The largest absolute Gasteiger partial charge is 0.375 e. The highest BCUT2D eigenvalue weighted by Crippen LogP contribution is 2.16. The van der Waals surface area contributed by atoms with E-state index in [1.807, 2.05) is 6.92 Å². The van der Waals surface area contributed by atoms with Gasteiger partial charge in [0.1, 0.15) is 5.82 Å². The first-order chi connectivity index (χ1) is 9.08. The highest BCUT2D eigenvalue weighted by molar-refractivity contribution is 5.85. The average molecular weight is 305 g/mol. The van der Waals surface area contributed by atoms with Crippen LogP contribution in [0.15, 0.2) is 24.3 Å². The SMILES string of the molecule is CNCC(C)C(=O)NCC(OC)c1ccc(F)cc1.Cl. The molecule has 0 aromatic heterocycles. The third-order valence-electron chi connectivity index (χ3n) is 2.95. The molecule has 0 aliphatic carbocycles. The van der Waals surface area contributed by atoms with Crippen molar-refractivity contribution in [2.45, 2.75) is 13.0 Å². The van der Waals surface area contributed by atoms with E-state index < -0.39 is 0 Å². The summed E-state index contributed by atoms with van der Waals surface area (Å²) in [5.74, 6) is -0.417. The summed E-state index contributed by atoms with van der Waals surface area (Å²) in [5.41, 5.74) is 0.838. The zero-order valence-corrected chi connectivity index (χ0v) is 12.8. The molecule has 2 N–H and O–H groups in total. The van der Waals surface area contributed by atoms with Crippen molar-refractivity contribution in [1.82, 2.24) is 10.6 Å². The zero-order valence-electron chi connectivity index (χ0n) is 12.0. The van der Waals surface area contributed by atoms with E-state index in [4.69, 9.17) is 4.74 Å². The van der Waals surface area contributed by atoms with Crippen LogP contribution in [0, 0.1) is 11.7 Å². The summed E-state index contributed by atoms with van der Waals surface area (Å²) in [6.45, 7) is 2.85. The van der Waals surface area contributed by atoms with Gasteiger partial charge in [-0.15, -0.1) is 12.4 Å². The van der Waals surface area contributed by atoms with Crippen LogP contribution in [-0.4, -0.2) is 33.2 Å². The van der Waals surface area contributed by atoms with E-state index in [0.29, 0.717) is 13.1 Å². The molecule has 0 aliphatic rings. The number of rotatable bonds is 7. The fraction of sp³-hybridized carbons (Fsp3) is 0.500. The second-order valence-electron chi connectivity index (χ2n) is 4.48. The van der Waals surface area contributed by atoms with Gasteiger partial charge in [0, 0.05) is 26.1 Å². The fourth-order valence-corrected chi connectivity index (χ4v) is 1.78. The van der Waals surface area contributed by atoms with Crippen molar-refractivity contribution in [2.24, 2.45) is 5.92 Å². The van der Waals surface area contributed by atoms with E-state index in [1.165, 1.54) is 12.1 Å². The summed E-state index contributed by atoms with van der Waals surface area (Å²) >= 11 is 0. The van der Waals surface area contributed by atoms with Crippen LogP contribution in [-0.2, 0) is 9.53 Å². The highest BCUT2D eigenvalue weighted by Gasteiger charge is 2.15. The summed E-state index contributed by atoms with van der Waals surface area (Å²) in [7, 11) is 3.37. The highest BCUT2D eigenvalue weighted by atomic mass is 35.5. The molecule has 0 heterocycles. The number of hydrogen-bond acceptors (Lipinski definition) is 3. The molecule has 4 nitrogen and oxygen atoms in total. The minimum atomic E-state index is -0.287. The van der Waals surface area contributed by atoms with E-state index in [-0.39, 0.29) is 36.2 Å². The molecule has 6 heteroatoms. The van der Waals surface area contributed by atoms with Crippen molar-refractivity contribution in [3.8, 4) is 0 Å². The number of nitrogens with one attached hydrogen (secondary N) is 2. The standard InChI is InChI=1S/C14H21FN2O2.ClH/c1-10(8-16-2)14(18)17-9-13(19-3)11-4-6-12(15)7-5-11;/h4-7,10,13,16H,8-9H2,1-3H3,(H,17,18);1H. The maximum atomic E-state index is 12.8. The minimum absolute atomic E-state index is 0. The number of benzene rings is 1. The number of ether oxygens (including phenoxy) is 1. The van der Waals surface area contributed by atoms with E-state index in [1.54, 1.807) is 26.3 Å². The Morgan fingerprint density at radius 2 is 1.90 bits per heavy atom. The molecule has 0 bridgehead atoms. The van der Waals surface area contributed by atoms with E-state index >= 15 is 0 Å².